The van der Waals surface area contributed by atoms with Gasteiger partial charge < -0.3 is 15.2 Å². The molecule has 2 N–H and O–H groups in total. The Kier molecular flexibility index (Phi) is 13.1. The fourth-order valence-corrected chi connectivity index (χ4v) is 2.21. The standard InChI is InChI=1S/C16H31N5O.HI/c1-5-8-9-14(6-2)12-19-16(17-7-3)18-11-10-15-20-13(4)21-22-15;/h14H,5-12H2,1-4H3,(H2,17,18,19);1H. The maximum atomic E-state index is 5.10. The minimum Gasteiger partial charge on any atom is -0.357 e. The molecule has 1 unspecified atom stereocenters. The van der Waals surface area contributed by atoms with Gasteiger partial charge in [-0.2, -0.15) is 4.98 Å². The topological polar surface area (TPSA) is 75.3 Å². The molecule has 1 rings (SSSR count). The van der Waals surface area contributed by atoms with Crippen LogP contribution < -0.4 is 10.6 Å². The fraction of sp³-hybridized carbons (Fsp3) is 0.812. The van der Waals surface area contributed by atoms with E-state index in [0.29, 0.717) is 24.1 Å². The van der Waals surface area contributed by atoms with E-state index in [-0.39, 0.29) is 24.0 Å². The van der Waals surface area contributed by atoms with Crippen LogP contribution in [-0.4, -0.2) is 35.7 Å². The Labute approximate surface area is 157 Å². The number of guanidine groups is 1. The average Bonchev–Trinajstić information content (AvgIpc) is 2.93. The first-order valence-corrected chi connectivity index (χ1v) is 8.50. The number of aryl methyl sites for hydroxylation is 1. The predicted molar refractivity (Wildman–Crippen MR) is 105 cm³/mol. The van der Waals surface area contributed by atoms with Crippen molar-refractivity contribution in [2.24, 2.45) is 10.9 Å². The van der Waals surface area contributed by atoms with Crippen LogP contribution in [-0.2, 0) is 6.42 Å². The third kappa shape index (κ3) is 9.78. The monoisotopic (exact) mass is 437 g/mol. The van der Waals surface area contributed by atoms with Crippen LogP contribution in [0.25, 0.3) is 0 Å². The zero-order valence-electron chi connectivity index (χ0n) is 14.9. The van der Waals surface area contributed by atoms with Crippen LogP contribution in [0.15, 0.2) is 9.52 Å². The summed E-state index contributed by atoms with van der Waals surface area (Å²) in [6.07, 6.45) is 5.69. The second-order valence-electron chi connectivity index (χ2n) is 5.55. The second-order valence-corrected chi connectivity index (χ2v) is 5.55. The Balaban J connectivity index is 0.00000484. The Morgan fingerprint density at radius 3 is 2.61 bits per heavy atom. The number of aliphatic imine (C=N–C) groups is 1. The molecule has 1 aromatic heterocycles. The third-order valence-electron chi connectivity index (χ3n) is 3.60. The Hall–Kier alpha value is -0.860. The molecule has 1 heterocycles. The summed E-state index contributed by atoms with van der Waals surface area (Å²) in [5, 5.41) is 10.4. The normalized spacial score (nSPS) is 12.6. The molecule has 0 radical (unpaired) electrons. The van der Waals surface area contributed by atoms with Gasteiger partial charge in [-0.15, -0.1) is 24.0 Å². The minimum absolute atomic E-state index is 0. The van der Waals surface area contributed by atoms with Gasteiger partial charge in [0, 0.05) is 26.1 Å². The lowest BCUT2D eigenvalue weighted by Crippen LogP contribution is -2.38. The number of nitrogens with zero attached hydrogens (tertiary/aromatic N) is 3. The summed E-state index contributed by atoms with van der Waals surface area (Å²) in [6, 6.07) is 0. The molecule has 6 nitrogen and oxygen atoms in total. The smallest absolute Gasteiger partial charge is 0.228 e. The molecule has 7 heteroatoms. The highest BCUT2D eigenvalue weighted by Crippen LogP contribution is 2.12. The summed E-state index contributed by atoms with van der Waals surface area (Å²) in [4.78, 5) is 8.90. The lowest BCUT2D eigenvalue weighted by Gasteiger charge is -2.14. The molecular formula is C16H32IN5O. The van der Waals surface area contributed by atoms with E-state index in [4.69, 9.17) is 9.52 Å². The Morgan fingerprint density at radius 2 is 2.04 bits per heavy atom. The van der Waals surface area contributed by atoms with Crippen molar-refractivity contribution < 1.29 is 4.52 Å². The number of hydrogen-bond donors (Lipinski definition) is 2. The number of aromatic nitrogens is 2. The van der Waals surface area contributed by atoms with Gasteiger partial charge in [0.05, 0.1) is 0 Å². The van der Waals surface area contributed by atoms with Gasteiger partial charge in [0.2, 0.25) is 5.89 Å². The van der Waals surface area contributed by atoms with E-state index in [2.05, 4.69) is 41.5 Å². The maximum absolute atomic E-state index is 5.10. The number of nitrogens with one attached hydrogen (secondary N) is 2. The molecule has 0 amide bonds. The van der Waals surface area contributed by atoms with E-state index in [0.717, 1.165) is 25.6 Å². The van der Waals surface area contributed by atoms with Gasteiger partial charge in [0.15, 0.2) is 11.8 Å². The van der Waals surface area contributed by atoms with Crippen LogP contribution in [0.5, 0.6) is 0 Å². The van der Waals surface area contributed by atoms with E-state index in [9.17, 15) is 0 Å². The van der Waals surface area contributed by atoms with Gasteiger partial charge in [-0.05, 0) is 26.2 Å². The number of rotatable bonds is 10. The van der Waals surface area contributed by atoms with Crippen LogP contribution in [0.4, 0.5) is 0 Å². The first-order chi connectivity index (χ1) is 10.7. The molecular weight excluding hydrogens is 405 g/mol. The van der Waals surface area contributed by atoms with E-state index in [1.165, 1.54) is 25.7 Å². The van der Waals surface area contributed by atoms with Gasteiger partial charge in [-0.3, -0.25) is 4.99 Å². The first kappa shape index (κ1) is 22.1. The maximum Gasteiger partial charge on any atom is 0.228 e. The van der Waals surface area contributed by atoms with E-state index in [1.54, 1.807) is 0 Å². The van der Waals surface area contributed by atoms with Crippen LogP contribution in [0.2, 0.25) is 0 Å². The predicted octanol–water partition coefficient (Wildman–Crippen LogP) is 3.31. The van der Waals surface area contributed by atoms with Crippen molar-refractivity contribution in [3.63, 3.8) is 0 Å². The summed E-state index contributed by atoms with van der Waals surface area (Å²) in [5.41, 5.74) is 0. The molecule has 0 spiro atoms. The van der Waals surface area contributed by atoms with Gasteiger partial charge in [0.25, 0.3) is 0 Å². The van der Waals surface area contributed by atoms with Crippen molar-refractivity contribution in [3.8, 4) is 0 Å². The number of halogens is 1. The van der Waals surface area contributed by atoms with Crippen LogP contribution >= 0.6 is 24.0 Å². The number of unbranched alkanes of at least 4 members (excludes halogenated alkanes) is 1. The molecule has 23 heavy (non-hydrogen) atoms. The molecule has 0 bridgehead atoms. The summed E-state index contributed by atoms with van der Waals surface area (Å²) >= 11 is 0. The Bertz CT molecular complexity index is 436. The van der Waals surface area contributed by atoms with Crippen molar-refractivity contribution >= 4 is 29.9 Å². The molecule has 0 saturated carbocycles. The molecule has 0 aliphatic carbocycles. The van der Waals surface area contributed by atoms with Crippen LogP contribution in [0.3, 0.4) is 0 Å². The second kappa shape index (κ2) is 13.6. The van der Waals surface area contributed by atoms with E-state index in [1.807, 2.05) is 6.92 Å². The van der Waals surface area contributed by atoms with Crippen molar-refractivity contribution in [3.05, 3.63) is 11.7 Å². The summed E-state index contributed by atoms with van der Waals surface area (Å²) < 4.78 is 5.10. The third-order valence-corrected chi connectivity index (χ3v) is 3.60. The van der Waals surface area contributed by atoms with Crippen LogP contribution in [0.1, 0.15) is 58.2 Å². The molecule has 134 valence electrons. The zero-order valence-corrected chi connectivity index (χ0v) is 17.2. The van der Waals surface area contributed by atoms with Gasteiger partial charge in [-0.25, -0.2) is 0 Å². The molecule has 1 atom stereocenters. The van der Waals surface area contributed by atoms with Gasteiger partial charge in [-0.1, -0.05) is 38.3 Å². The SMILES string of the molecule is CCCCC(CC)CN=C(NCC)NCCc1nc(C)no1.I. The Morgan fingerprint density at radius 1 is 1.26 bits per heavy atom. The van der Waals surface area contributed by atoms with Crippen molar-refractivity contribution in [1.29, 1.82) is 0 Å². The molecule has 1 aromatic rings. The largest absolute Gasteiger partial charge is 0.357 e. The summed E-state index contributed by atoms with van der Waals surface area (Å²) in [7, 11) is 0. The molecule has 0 fully saturated rings. The fourth-order valence-electron chi connectivity index (χ4n) is 2.21. The zero-order chi connectivity index (χ0) is 16.2. The number of hydrogen-bond acceptors (Lipinski definition) is 4. The highest BCUT2D eigenvalue weighted by Gasteiger charge is 2.07. The first-order valence-electron chi connectivity index (χ1n) is 8.50. The average molecular weight is 437 g/mol. The molecule has 0 aliphatic heterocycles. The summed E-state index contributed by atoms with van der Waals surface area (Å²) in [5.74, 6) is 2.88. The molecule has 0 aliphatic rings. The van der Waals surface area contributed by atoms with Crippen molar-refractivity contribution in [2.45, 2.75) is 59.8 Å². The van der Waals surface area contributed by atoms with Crippen molar-refractivity contribution in [2.75, 3.05) is 19.6 Å². The quantitative estimate of drug-likeness (QED) is 0.334. The van der Waals surface area contributed by atoms with E-state index >= 15 is 0 Å². The van der Waals surface area contributed by atoms with Crippen LogP contribution in [0, 0.1) is 12.8 Å². The highest BCUT2D eigenvalue weighted by molar-refractivity contribution is 14.0. The lowest BCUT2D eigenvalue weighted by atomic mass is 10.00. The molecule has 0 saturated heterocycles. The lowest BCUT2D eigenvalue weighted by molar-refractivity contribution is 0.374. The highest BCUT2D eigenvalue weighted by atomic mass is 127. The van der Waals surface area contributed by atoms with Gasteiger partial charge in [0.1, 0.15) is 0 Å². The van der Waals surface area contributed by atoms with Crippen molar-refractivity contribution in [1.82, 2.24) is 20.8 Å². The summed E-state index contributed by atoms with van der Waals surface area (Å²) in [6.45, 7) is 10.9. The molecule has 0 aromatic carbocycles. The van der Waals surface area contributed by atoms with E-state index < -0.39 is 0 Å². The minimum atomic E-state index is 0. The van der Waals surface area contributed by atoms with Gasteiger partial charge >= 0.3 is 0 Å².